The molecule has 2 aliphatic heterocycles. The Morgan fingerprint density at radius 3 is 2.72 bits per heavy atom. The molecular weight excluding hydrogens is 316 g/mol. The summed E-state index contributed by atoms with van der Waals surface area (Å²) in [5.74, 6) is 1.78. The molecule has 0 amide bonds. The third-order valence-electron chi connectivity index (χ3n) is 5.69. The van der Waals surface area contributed by atoms with E-state index in [-0.39, 0.29) is 5.60 Å². The molecule has 4 rings (SSSR count). The van der Waals surface area contributed by atoms with Gasteiger partial charge in [0.2, 0.25) is 0 Å². The first kappa shape index (κ1) is 16.7. The van der Waals surface area contributed by atoms with Crippen molar-refractivity contribution in [2.75, 3.05) is 26.2 Å². The molecule has 6 nitrogen and oxygen atoms in total. The van der Waals surface area contributed by atoms with Crippen LogP contribution in [0.1, 0.15) is 46.9 Å². The summed E-state index contributed by atoms with van der Waals surface area (Å²) in [6.07, 6.45) is 5.90. The Hall–Kier alpha value is -1.79. The van der Waals surface area contributed by atoms with Crippen molar-refractivity contribution in [3.63, 3.8) is 0 Å². The lowest BCUT2D eigenvalue weighted by molar-refractivity contribution is -0.101. The number of hydrogen-bond donors (Lipinski definition) is 0. The highest BCUT2D eigenvalue weighted by atomic mass is 16.5. The van der Waals surface area contributed by atoms with Gasteiger partial charge in [0.05, 0.1) is 18.0 Å². The predicted molar refractivity (Wildman–Crippen MR) is 93.5 cm³/mol. The molecule has 2 aromatic rings. The van der Waals surface area contributed by atoms with E-state index in [1.807, 2.05) is 27.0 Å². The maximum atomic E-state index is 6.28. The van der Waals surface area contributed by atoms with E-state index in [9.17, 15) is 0 Å². The van der Waals surface area contributed by atoms with E-state index in [0.717, 1.165) is 74.9 Å². The highest BCUT2D eigenvalue weighted by molar-refractivity contribution is 5.27. The highest BCUT2D eigenvalue weighted by Crippen LogP contribution is 2.40. The summed E-state index contributed by atoms with van der Waals surface area (Å²) >= 11 is 0. The standard InChI is InChI=1S/C19H26N4O2/c1-13-17(14(2)25-22-13)4-8-23-9-6-19(7-10-23)18-16(5-11-24-19)12-20-15(3)21-18/h12H,4-11H2,1-3H3. The van der Waals surface area contributed by atoms with Crippen molar-refractivity contribution in [3.05, 3.63) is 40.3 Å². The monoisotopic (exact) mass is 342 g/mol. The number of aromatic nitrogens is 3. The molecular formula is C19H26N4O2. The molecule has 0 unspecified atom stereocenters. The Balaban J connectivity index is 1.43. The molecule has 1 spiro atoms. The Morgan fingerprint density at radius 2 is 2.00 bits per heavy atom. The third kappa shape index (κ3) is 3.09. The number of fused-ring (bicyclic) bond motifs is 2. The van der Waals surface area contributed by atoms with Crippen LogP contribution in [-0.4, -0.2) is 46.3 Å². The van der Waals surface area contributed by atoms with Crippen LogP contribution in [0.4, 0.5) is 0 Å². The van der Waals surface area contributed by atoms with Gasteiger partial charge < -0.3 is 14.2 Å². The predicted octanol–water partition coefficient (Wildman–Crippen LogP) is 2.50. The lowest BCUT2D eigenvalue weighted by atomic mass is 9.83. The molecule has 0 bridgehead atoms. The molecule has 0 aliphatic carbocycles. The fraction of sp³-hybridized carbons (Fsp3) is 0.632. The molecule has 0 saturated carbocycles. The second-order valence-corrected chi connectivity index (χ2v) is 7.28. The number of hydrogen-bond acceptors (Lipinski definition) is 6. The van der Waals surface area contributed by atoms with Gasteiger partial charge in [-0.25, -0.2) is 9.97 Å². The molecule has 0 aromatic carbocycles. The highest BCUT2D eigenvalue weighted by Gasteiger charge is 2.42. The van der Waals surface area contributed by atoms with Crippen molar-refractivity contribution in [1.29, 1.82) is 0 Å². The Labute approximate surface area is 148 Å². The van der Waals surface area contributed by atoms with Gasteiger partial charge in [-0.1, -0.05) is 5.16 Å². The van der Waals surface area contributed by atoms with Crippen LogP contribution in [0.15, 0.2) is 10.7 Å². The van der Waals surface area contributed by atoms with Gasteiger partial charge in [-0.2, -0.15) is 0 Å². The molecule has 2 aromatic heterocycles. The van der Waals surface area contributed by atoms with Crippen LogP contribution >= 0.6 is 0 Å². The largest absolute Gasteiger partial charge is 0.368 e. The van der Waals surface area contributed by atoms with Crippen molar-refractivity contribution < 1.29 is 9.26 Å². The number of likely N-dealkylation sites (tertiary alicyclic amines) is 1. The second-order valence-electron chi connectivity index (χ2n) is 7.28. The molecule has 0 atom stereocenters. The van der Waals surface area contributed by atoms with Gasteiger partial charge in [-0.05, 0) is 52.0 Å². The zero-order chi connectivity index (χ0) is 17.4. The van der Waals surface area contributed by atoms with Gasteiger partial charge in [0.15, 0.2) is 0 Å². The average molecular weight is 342 g/mol. The first-order valence-corrected chi connectivity index (χ1v) is 9.18. The molecule has 0 radical (unpaired) electrons. The first-order chi connectivity index (χ1) is 12.1. The zero-order valence-corrected chi connectivity index (χ0v) is 15.3. The van der Waals surface area contributed by atoms with E-state index in [1.54, 1.807) is 0 Å². The minimum absolute atomic E-state index is 0.208. The number of nitrogens with zero attached hydrogens (tertiary/aromatic N) is 4. The fourth-order valence-electron chi connectivity index (χ4n) is 4.14. The maximum Gasteiger partial charge on any atom is 0.137 e. The maximum absolute atomic E-state index is 6.28. The van der Waals surface area contributed by atoms with E-state index in [2.05, 4.69) is 15.0 Å². The number of aryl methyl sites for hydroxylation is 3. The van der Waals surface area contributed by atoms with Crippen molar-refractivity contribution in [1.82, 2.24) is 20.0 Å². The average Bonchev–Trinajstić information content (AvgIpc) is 2.94. The SMILES string of the molecule is Cc1ncc2c(n1)C1(CCN(CCc3c(C)noc3C)CC1)OCC2. The van der Waals surface area contributed by atoms with Gasteiger partial charge in [0, 0.05) is 31.4 Å². The minimum atomic E-state index is -0.208. The van der Waals surface area contributed by atoms with Crippen LogP contribution in [0.25, 0.3) is 0 Å². The van der Waals surface area contributed by atoms with Crippen molar-refractivity contribution in [3.8, 4) is 0 Å². The van der Waals surface area contributed by atoms with Gasteiger partial charge in [-0.3, -0.25) is 0 Å². The van der Waals surface area contributed by atoms with E-state index in [1.165, 1.54) is 11.1 Å². The molecule has 1 saturated heterocycles. The topological polar surface area (TPSA) is 64.3 Å². The lowest BCUT2D eigenvalue weighted by Gasteiger charge is -2.44. The smallest absolute Gasteiger partial charge is 0.137 e. The number of ether oxygens (including phenoxy) is 1. The van der Waals surface area contributed by atoms with Crippen molar-refractivity contribution in [2.45, 2.75) is 52.1 Å². The molecule has 0 N–H and O–H groups in total. The van der Waals surface area contributed by atoms with Gasteiger partial charge >= 0.3 is 0 Å². The van der Waals surface area contributed by atoms with Gasteiger partial charge in [-0.15, -0.1) is 0 Å². The lowest BCUT2D eigenvalue weighted by Crippen LogP contribution is -2.47. The van der Waals surface area contributed by atoms with Crippen LogP contribution in [-0.2, 0) is 23.2 Å². The van der Waals surface area contributed by atoms with Crippen LogP contribution in [0.5, 0.6) is 0 Å². The van der Waals surface area contributed by atoms with Crippen LogP contribution in [0.3, 0.4) is 0 Å². The Morgan fingerprint density at radius 1 is 1.20 bits per heavy atom. The molecule has 134 valence electrons. The van der Waals surface area contributed by atoms with E-state index >= 15 is 0 Å². The summed E-state index contributed by atoms with van der Waals surface area (Å²) in [5.41, 5.74) is 4.46. The molecule has 6 heteroatoms. The number of rotatable bonds is 3. The first-order valence-electron chi connectivity index (χ1n) is 9.18. The van der Waals surface area contributed by atoms with Crippen LogP contribution < -0.4 is 0 Å². The molecule has 4 heterocycles. The van der Waals surface area contributed by atoms with Gasteiger partial charge in [0.25, 0.3) is 0 Å². The summed E-state index contributed by atoms with van der Waals surface area (Å²) in [6, 6.07) is 0. The Kier molecular flexibility index (Phi) is 4.33. The normalized spacial score (nSPS) is 20.0. The van der Waals surface area contributed by atoms with E-state index in [0.29, 0.717) is 0 Å². The van der Waals surface area contributed by atoms with Crippen molar-refractivity contribution >= 4 is 0 Å². The molecule has 1 fully saturated rings. The molecule has 25 heavy (non-hydrogen) atoms. The molecule has 2 aliphatic rings. The van der Waals surface area contributed by atoms with E-state index < -0.39 is 0 Å². The van der Waals surface area contributed by atoms with Crippen LogP contribution in [0.2, 0.25) is 0 Å². The fourth-order valence-corrected chi connectivity index (χ4v) is 4.14. The minimum Gasteiger partial charge on any atom is -0.368 e. The quantitative estimate of drug-likeness (QED) is 0.854. The van der Waals surface area contributed by atoms with Crippen LogP contribution in [0, 0.1) is 20.8 Å². The summed E-state index contributed by atoms with van der Waals surface area (Å²) in [7, 11) is 0. The summed E-state index contributed by atoms with van der Waals surface area (Å²) in [6.45, 7) is 9.85. The zero-order valence-electron chi connectivity index (χ0n) is 15.3. The second kappa shape index (κ2) is 6.50. The van der Waals surface area contributed by atoms with Gasteiger partial charge in [0.1, 0.15) is 17.2 Å². The summed E-state index contributed by atoms with van der Waals surface area (Å²) in [4.78, 5) is 11.6. The van der Waals surface area contributed by atoms with E-state index in [4.69, 9.17) is 14.2 Å². The number of piperidine rings is 1. The Bertz CT molecular complexity index is 743. The summed E-state index contributed by atoms with van der Waals surface area (Å²) < 4.78 is 11.6. The van der Waals surface area contributed by atoms with Crippen molar-refractivity contribution in [2.24, 2.45) is 0 Å². The third-order valence-corrected chi connectivity index (χ3v) is 5.69. The summed E-state index contributed by atoms with van der Waals surface area (Å²) in [5, 5.41) is 4.05.